The van der Waals surface area contributed by atoms with Crippen molar-refractivity contribution >= 4 is 11.4 Å². The van der Waals surface area contributed by atoms with E-state index in [0.29, 0.717) is 11.8 Å². The van der Waals surface area contributed by atoms with Crippen LogP contribution in [0.3, 0.4) is 0 Å². The van der Waals surface area contributed by atoms with E-state index in [2.05, 4.69) is 120 Å². The first kappa shape index (κ1) is 43.6. The molecule has 2 heteroatoms. The van der Waals surface area contributed by atoms with Gasteiger partial charge < -0.3 is 11.5 Å². The normalized spacial score (nSPS) is 18.2. The largest absolute Gasteiger partial charge is 0.399 e. The van der Waals surface area contributed by atoms with Crippen molar-refractivity contribution in [1.29, 1.82) is 0 Å². The van der Waals surface area contributed by atoms with E-state index < -0.39 is 0 Å². The third-order valence-electron chi connectivity index (χ3n) is 13.7. The summed E-state index contributed by atoms with van der Waals surface area (Å²) >= 11 is 0. The van der Waals surface area contributed by atoms with Gasteiger partial charge in [0, 0.05) is 28.6 Å². The SMILES string of the molecule is CCCCCCCCC(c1ccc(C2(c3ccc(C(CCCCCCCC)c4ccc(N)cc4C)cc3)CCC(CCCC)CC2)cc1)c1ccc(N)cc1C. The van der Waals surface area contributed by atoms with Crippen LogP contribution in [-0.4, -0.2) is 0 Å². The smallest absolute Gasteiger partial charge is 0.0316 e. The van der Waals surface area contributed by atoms with Crippen molar-refractivity contribution in [3.63, 3.8) is 0 Å². The fourth-order valence-electron chi connectivity index (χ4n) is 10.2. The number of nitrogen functional groups attached to an aromatic ring is 2. The summed E-state index contributed by atoms with van der Waals surface area (Å²) in [5, 5.41) is 0. The van der Waals surface area contributed by atoms with E-state index in [0.717, 1.165) is 17.3 Å². The van der Waals surface area contributed by atoms with Crippen LogP contribution >= 0.6 is 0 Å². The monoisotopic (exact) mass is 755 g/mol. The highest BCUT2D eigenvalue weighted by atomic mass is 14.5. The highest BCUT2D eigenvalue weighted by molar-refractivity contribution is 5.51. The molecule has 1 aliphatic carbocycles. The van der Waals surface area contributed by atoms with Crippen LogP contribution in [0.25, 0.3) is 0 Å². The average Bonchev–Trinajstić information content (AvgIpc) is 3.21. The van der Waals surface area contributed by atoms with Gasteiger partial charge in [-0.15, -0.1) is 0 Å². The summed E-state index contributed by atoms with van der Waals surface area (Å²) in [5.74, 6) is 1.65. The first-order valence-corrected chi connectivity index (χ1v) is 23.2. The van der Waals surface area contributed by atoms with Crippen molar-refractivity contribution in [2.75, 3.05) is 11.5 Å². The summed E-state index contributed by atoms with van der Waals surface area (Å²) in [5.41, 5.74) is 25.7. The van der Waals surface area contributed by atoms with Crippen LogP contribution < -0.4 is 11.5 Å². The van der Waals surface area contributed by atoms with Crippen molar-refractivity contribution in [2.45, 2.75) is 187 Å². The Kier molecular flexibility index (Phi) is 17.5. The van der Waals surface area contributed by atoms with Gasteiger partial charge in [-0.05, 0) is 127 Å². The fraction of sp³-hybridized carbons (Fsp3) is 0.556. The minimum Gasteiger partial charge on any atom is -0.399 e. The molecule has 0 bridgehead atoms. The van der Waals surface area contributed by atoms with Crippen LogP contribution in [0.5, 0.6) is 0 Å². The summed E-state index contributed by atoms with van der Waals surface area (Å²) in [6, 6.07) is 33.2. The Morgan fingerprint density at radius 2 is 0.893 bits per heavy atom. The lowest BCUT2D eigenvalue weighted by Crippen LogP contribution is -2.33. The third-order valence-corrected chi connectivity index (χ3v) is 13.7. The molecule has 1 saturated carbocycles. The van der Waals surface area contributed by atoms with E-state index in [-0.39, 0.29) is 5.41 Å². The highest BCUT2D eigenvalue weighted by Crippen LogP contribution is 2.48. The van der Waals surface area contributed by atoms with Gasteiger partial charge in [0.15, 0.2) is 0 Å². The predicted molar refractivity (Wildman–Crippen MR) is 246 cm³/mol. The Morgan fingerprint density at radius 3 is 1.29 bits per heavy atom. The van der Waals surface area contributed by atoms with Gasteiger partial charge in [0.2, 0.25) is 0 Å². The van der Waals surface area contributed by atoms with E-state index in [1.54, 1.807) is 0 Å². The maximum absolute atomic E-state index is 6.25. The van der Waals surface area contributed by atoms with Crippen molar-refractivity contribution in [3.05, 3.63) is 129 Å². The standard InChI is InChI=1S/C54H78N2/c1-6-9-12-14-16-18-21-52(50-33-31-48(55)39-41(50)4)44-23-27-46(28-24-44)54(37-35-43(36-38-54)20-11-8-3)47-29-25-45(26-30-47)53(22-19-17-15-13-10-7-2)51-34-32-49(56)40-42(51)5/h23-34,39-40,43,52-53H,6-22,35-38,55-56H2,1-5H3. The molecule has 2 atom stereocenters. The molecular formula is C54H78N2. The Bertz CT molecular complexity index is 1590. The van der Waals surface area contributed by atoms with Crippen LogP contribution in [-0.2, 0) is 5.41 Å². The Balaban J connectivity index is 1.44. The van der Waals surface area contributed by atoms with Gasteiger partial charge in [-0.1, -0.05) is 178 Å². The molecule has 56 heavy (non-hydrogen) atoms. The van der Waals surface area contributed by atoms with Crippen LogP contribution in [0, 0.1) is 19.8 Å². The van der Waals surface area contributed by atoms with Crippen molar-refractivity contribution in [1.82, 2.24) is 0 Å². The molecule has 4 aromatic carbocycles. The minimum absolute atomic E-state index is 0.0531. The lowest BCUT2D eigenvalue weighted by Gasteiger charge is -2.42. The first-order valence-electron chi connectivity index (χ1n) is 23.2. The van der Waals surface area contributed by atoms with Crippen molar-refractivity contribution in [2.24, 2.45) is 5.92 Å². The van der Waals surface area contributed by atoms with E-state index >= 15 is 0 Å². The molecule has 0 amide bonds. The number of hydrogen-bond donors (Lipinski definition) is 2. The Hall–Kier alpha value is -3.52. The van der Waals surface area contributed by atoms with Gasteiger partial charge in [-0.2, -0.15) is 0 Å². The first-order chi connectivity index (χ1) is 27.3. The van der Waals surface area contributed by atoms with Crippen LogP contribution in [0.15, 0.2) is 84.9 Å². The molecule has 4 N–H and O–H groups in total. The van der Waals surface area contributed by atoms with Gasteiger partial charge in [-0.25, -0.2) is 0 Å². The lowest BCUT2D eigenvalue weighted by atomic mass is 9.62. The van der Waals surface area contributed by atoms with Crippen LogP contribution in [0.4, 0.5) is 11.4 Å². The number of benzene rings is 4. The second-order valence-corrected chi connectivity index (χ2v) is 17.9. The average molecular weight is 755 g/mol. The molecule has 0 aliphatic heterocycles. The summed E-state index contributed by atoms with van der Waals surface area (Å²) < 4.78 is 0. The maximum Gasteiger partial charge on any atom is 0.0316 e. The topological polar surface area (TPSA) is 52.0 Å². The zero-order valence-electron chi connectivity index (χ0n) is 36.3. The van der Waals surface area contributed by atoms with Gasteiger partial charge in [0.25, 0.3) is 0 Å². The van der Waals surface area contributed by atoms with Gasteiger partial charge in [-0.3, -0.25) is 0 Å². The molecule has 2 unspecified atom stereocenters. The van der Waals surface area contributed by atoms with Crippen LogP contribution in [0.2, 0.25) is 0 Å². The molecule has 304 valence electrons. The fourth-order valence-corrected chi connectivity index (χ4v) is 10.2. The van der Waals surface area contributed by atoms with E-state index in [9.17, 15) is 0 Å². The Labute approximate surface area is 343 Å². The number of aryl methyl sites for hydroxylation is 2. The summed E-state index contributed by atoms with van der Waals surface area (Å²) in [7, 11) is 0. The maximum atomic E-state index is 6.25. The number of hydrogen-bond acceptors (Lipinski definition) is 2. The molecule has 5 rings (SSSR count). The number of anilines is 2. The second kappa shape index (κ2) is 22.4. The van der Waals surface area contributed by atoms with E-state index in [4.69, 9.17) is 11.5 Å². The predicted octanol–water partition coefficient (Wildman–Crippen LogP) is 15.9. The highest BCUT2D eigenvalue weighted by Gasteiger charge is 2.38. The van der Waals surface area contributed by atoms with Crippen molar-refractivity contribution in [3.8, 4) is 0 Å². The molecule has 1 aliphatic rings. The van der Waals surface area contributed by atoms with E-state index in [1.807, 2.05) is 0 Å². The lowest BCUT2D eigenvalue weighted by molar-refractivity contribution is 0.251. The zero-order chi connectivity index (χ0) is 39.8. The molecule has 0 aromatic heterocycles. The van der Waals surface area contributed by atoms with Gasteiger partial charge in [0.1, 0.15) is 0 Å². The summed E-state index contributed by atoms with van der Waals surface area (Å²) in [4.78, 5) is 0. The number of unbranched alkanes of at least 4 members (excludes halogenated alkanes) is 11. The van der Waals surface area contributed by atoms with Crippen LogP contribution in [0.1, 0.15) is 212 Å². The number of nitrogens with two attached hydrogens (primary N) is 2. The van der Waals surface area contributed by atoms with E-state index in [1.165, 1.54) is 179 Å². The van der Waals surface area contributed by atoms with Crippen molar-refractivity contribution < 1.29 is 0 Å². The summed E-state index contributed by atoms with van der Waals surface area (Å²) in [6.45, 7) is 11.4. The second-order valence-electron chi connectivity index (χ2n) is 17.9. The molecular weight excluding hydrogens is 677 g/mol. The van der Waals surface area contributed by atoms with Gasteiger partial charge >= 0.3 is 0 Å². The number of rotatable bonds is 23. The molecule has 0 saturated heterocycles. The molecule has 0 heterocycles. The molecule has 4 aromatic rings. The third kappa shape index (κ3) is 11.8. The summed E-state index contributed by atoms with van der Waals surface area (Å²) in [6.07, 6.45) is 27.4. The molecule has 0 spiro atoms. The zero-order valence-corrected chi connectivity index (χ0v) is 36.3. The quantitative estimate of drug-likeness (QED) is 0.0585. The Morgan fingerprint density at radius 1 is 0.500 bits per heavy atom. The molecule has 2 nitrogen and oxygen atoms in total. The molecule has 0 radical (unpaired) electrons. The molecule has 1 fully saturated rings. The van der Waals surface area contributed by atoms with Gasteiger partial charge in [0.05, 0.1) is 0 Å². The minimum atomic E-state index is 0.0531.